The summed E-state index contributed by atoms with van der Waals surface area (Å²) in [5, 5.41) is 3.56. The molecule has 1 aromatic heterocycles. The van der Waals surface area contributed by atoms with E-state index in [1.54, 1.807) is 0 Å². The van der Waals surface area contributed by atoms with Gasteiger partial charge in [-0.2, -0.15) is 0 Å². The highest BCUT2D eigenvalue weighted by atomic mass is 15.1. The van der Waals surface area contributed by atoms with Crippen molar-refractivity contribution in [2.45, 2.75) is 65.3 Å². The van der Waals surface area contributed by atoms with Crippen molar-refractivity contribution in [3.8, 4) is 0 Å². The lowest BCUT2D eigenvalue weighted by atomic mass is 9.72. The van der Waals surface area contributed by atoms with E-state index in [1.165, 1.54) is 37.9 Å². The zero-order valence-corrected chi connectivity index (χ0v) is 13.4. The number of hydrogen-bond donors (Lipinski definition) is 1. The summed E-state index contributed by atoms with van der Waals surface area (Å²) < 4.78 is 2.39. The Morgan fingerprint density at radius 3 is 2.85 bits per heavy atom. The Hall–Kier alpha value is -0.830. The van der Waals surface area contributed by atoms with Crippen LogP contribution in [0.1, 0.15) is 64.6 Å². The molecule has 1 heterocycles. The van der Waals surface area contributed by atoms with Crippen LogP contribution in [0.3, 0.4) is 0 Å². The summed E-state index contributed by atoms with van der Waals surface area (Å²) in [6.45, 7) is 10.1. The van der Waals surface area contributed by atoms with Crippen LogP contribution >= 0.6 is 0 Å². The van der Waals surface area contributed by atoms with E-state index in [9.17, 15) is 0 Å². The van der Waals surface area contributed by atoms with Gasteiger partial charge in [0.2, 0.25) is 0 Å². The lowest BCUT2D eigenvalue weighted by molar-refractivity contribution is 0.216. The van der Waals surface area contributed by atoms with E-state index in [4.69, 9.17) is 4.98 Å². The molecule has 3 nitrogen and oxygen atoms in total. The number of imidazole rings is 1. The van der Waals surface area contributed by atoms with Gasteiger partial charge in [-0.3, -0.25) is 0 Å². The molecule has 1 saturated carbocycles. The summed E-state index contributed by atoms with van der Waals surface area (Å²) in [6, 6.07) is 0. The molecule has 114 valence electrons. The first-order chi connectivity index (χ1) is 9.80. The summed E-state index contributed by atoms with van der Waals surface area (Å²) >= 11 is 0. The quantitative estimate of drug-likeness (QED) is 0.821. The van der Waals surface area contributed by atoms with Gasteiger partial charge in [0, 0.05) is 24.9 Å². The Balaban J connectivity index is 2.14. The van der Waals surface area contributed by atoms with E-state index in [0.29, 0.717) is 5.92 Å². The minimum Gasteiger partial charge on any atom is -0.335 e. The maximum absolute atomic E-state index is 4.72. The monoisotopic (exact) mass is 277 g/mol. The van der Waals surface area contributed by atoms with Crippen molar-refractivity contribution in [1.29, 1.82) is 0 Å². The molecule has 1 aromatic rings. The van der Waals surface area contributed by atoms with E-state index >= 15 is 0 Å². The van der Waals surface area contributed by atoms with Crippen LogP contribution in [0.4, 0.5) is 0 Å². The van der Waals surface area contributed by atoms with E-state index in [-0.39, 0.29) is 0 Å². The van der Waals surface area contributed by atoms with Crippen molar-refractivity contribution in [1.82, 2.24) is 14.9 Å². The van der Waals surface area contributed by atoms with Gasteiger partial charge < -0.3 is 9.88 Å². The minimum absolute atomic E-state index is 0.648. The van der Waals surface area contributed by atoms with Gasteiger partial charge in [0.1, 0.15) is 5.82 Å². The van der Waals surface area contributed by atoms with Crippen molar-refractivity contribution < 1.29 is 0 Å². The molecule has 0 bridgehead atoms. The van der Waals surface area contributed by atoms with Crippen LogP contribution in [0, 0.1) is 11.8 Å². The van der Waals surface area contributed by atoms with Crippen molar-refractivity contribution in [2.75, 3.05) is 13.1 Å². The van der Waals surface area contributed by atoms with Crippen LogP contribution in [-0.4, -0.2) is 22.6 Å². The summed E-state index contributed by atoms with van der Waals surface area (Å²) in [4.78, 5) is 4.72. The molecule has 3 unspecified atom stereocenters. The Kier molecular flexibility index (Phi) is 6.08. The first kappa shape index (κ1) is 15.6. The summed E-state index contributed by atoms with van der Waals surface area (Å²) in [5.74, 6) is 3.64. The third-order valence-corrected chi connectivity index (χ3v) is 4.88. The zero-order chi connectivity index (χ0) is 14.4. The van der Waals surface area contributed by atoms with Gasteiger partial charge in [-0.05, 0) is 44.2 Å². The Morgan fingerprint density at radius 2 is 2.15 bits per heavy atom. The molecule has 1 fully saturated rings. The largest absolute Gasteiger partial charge is 0.335 e. The first-order valence-electron chi connectivity index (χ1n) is 8.51. The number of aryl methyl sites for hydroxylation is 1. The molecule has 2 rings (SSSR count). The van der Waals surface area contributed by atoms with Crippen LogP contribution in [0.25, 0.3) is 0 Å². The second kappa shape index (κ2) is 7.82. The predicted molar refractivity (Wildman–Crippen MR) is 84.9 cm³/mol. The fourth-order valence-corrected chi connectivity index (χ4v) is 3.66. The average molecular weight is 277 g/mol. The molecule has 0 aliphatic heterocycles. The fourth-order valence-electron chi connectivity index (χ4n) is 3.66. The van der Waals surface area contributed by atoms with E-state index < -0.39 is 0 Å². The summed E-state index contributed by atoms with van der Waals surface area (Å²) in [5.41, 5.74) is 0. The molecule has 1 aliphatic rings. The van der Waals surface area contributed by atoms with Gasteiger partial charge in [-0.25, -0.2) is 4.98 Å². The van der Waals surface area contributed by atoms with Crippen LogP contribution in [-0.2, 0) is 6.54 Å². The normalized spacial score (nSPS) is 26.9. The first-order valence-corrected chi connectivity index (χ1v) is 8.51. The summed E-state index contributed by atoms with van der Waals surface area (Å²) in [7, 11) is 0. The van der Waals surface area contributed by atoms with Crippen LogP contribution in [0.15, 0.2) is 12.4 Å². The Morgan fingerprint density at radius 1 is 1.30 bits per heavy atom. The van der Waals surface area contributed by atoms with Crippen molar-refractivity contribution in [2.24, 2.45) is 11.8 Å². The maximum atomic E-state index is 4.72. The van der Waals surface area contributed by atoms with Gasteiger partial charge in [-0.15, -0.1) is 0 Å². The maximum Gasteiger partial charge on any atom is 0.112 e. The van der Waals surface area contributed by atoms with E-state index in [1.807, 2.05) is 6.20 Å². The predicted octanol–water partition coefficient (Wildman–Crippen LogP) is 3.81. The van der Waals surface area contributed by atoms with E-state index in [2.05, 4.69) is 36.9 Å². The molecule has 0 amide bonds. The number of aromatic nitrogens is 2. The van der Waals surface area contributed by atoms with Crippen LogP contribution in [0.5, 0.6) is 0 Å². The molecular weight excluding hydrogens is 246 g/mol. The molecule has 0 aromatic carbocycles. The lowest BCUT2D eigenvalue weighted by Gasteiger charge is -2.36. The molecule has 1 N–H and O–H groups in total. The molecule has 3 atom stereocenters. The van der Waals surface area contributed by atoms with Gasteiger partial charge in [-0.1, -0.05) is 33.6 Å². The second-order valence-electron chi connectivity index (χ2n) is 6.24. The molecule has 0 radical (unpaired) electrons. The highest BCUT2D eigenvalue weighted by Gasteiger charge is 2.32. The number of rotatable bonds is 7. The average Bonchev–Trinajstić information content (AvgIpc) is 2.93. The second-order valence-corrected chi connectivity index (χ2v) is 6.24. The third kappa shape index (κ3) is 3.63. The molecule has 20 heavy (non-hydrogen) atoms. The molecule has 3 heteroatoms. The van der Waals surface area contributed by atoms with Crippen molar-refractivity contribution in [3.63, 3.8) is 0 Å². The van der Waals surface area contributed by atoms with Gasteiger partial charge in [0.25, 0.3) is 0 Å². The van der Waals surface area contributed by atoms with Crippen LogP contribution in [0.2, 0.25) is 0 Å². The summed E-state index contributed by atoms with van der Waals surface area (Å²) in [6.07, 6.45) is 10.7. The Labute approximate surface area is 124 Å². The number of nitrogens with one attached hydrogen (secondary N) is 1. The smallest absolute Gasteiger partial charge is 0.112 e. The third-order valence-electron chi connectivity index (χ3n) is 4.88. The van der Waals surface area contributed by atoms with E-state index in [0.717, 1.165) is 31.5 Å². The van der Waals surface area contributed by atoms with Gasteiger partial charge >= 0.3 is 0 Å². The highest BCUT2D eigenvalue weighted by Crippen LogP contribution is 2.40. The Bertz CT molecular complexity index is 385. The fraction of sp³-hybridized carbons (Fsp3) is 0.824. The molecule has 1 aliphatic carbocycles. The van der Waals surface area contributed by atoms with Gasteiger partial charge in [0.05, 0.1) is 0 Å². The van der Waals surface area contributed by atoms with Crippen LogP contribution < -0.4 is 5.32 Å². The topological polar surface area (TPSA) is 29.9 Å². The lowest BCUT2D eigenvalue weighted by Crippen LogP contribution is -2.33. The van der Waals surface area contributed by atoms with Crippen molar-refractivity contribution >= 4 is 0 Å². The number of hydrogen-bond acceptors (Lipinski definition) is 2. The molecule has 0 saturated heterocycles. The molecular formula is C17H31N3. The molecule has 0 spiro atoms. The van der Waals surface area contributed by atoms with Gasteiger partial charge in [0.15, 0.2) is 0 Å². The standard InChI is InChI=1S/C17H31N3/c1-4-10-20-11-9-19-17(20)16-12-14(5-2)7-8-15(16)13-18-6-3/h9,11,14-16,18H,4-8,10,12-13H2,1-3H3. The van der Waals surface area contributed by atoms with Crippen molar-refractivity contribution in [3.05, 3.63) is 18.2 Å². The highest BCUT2D eigenvalue weighted by molar-refractivity contribution is 5.05. The SMILES string of the molecule is CCCn1ccnc1C1CC(CC)CCC1CNCC. The minimum atomic E-state index is 0.648. The zero-order valence-electron chi connectivity index (χ0n) is 13.4. The number of nitrogens with zero attached hydrogens (tertiary/aromatic N) is 2.